The van der Waals surface area contributed by atoms with E-state index in [9.17, 15) is 10.1 Å². The second kappa shape index (κ2) is 8.03. The summed E-state index contributed by atoms with van der Waals surface area (Å²) < 4.78 is 0. The minimum Gasteiger partial charge on any atom is -0.293 e. The van der Waals surface area contributed by atoms with Gasteiger partial charge in [-0.2, -0.15) is 5.26 Å². The molecule has 0 bridgehead atoms. The Morgan fingerprint density at radius 3 is 2.56 bits per heavy atom. The van der Waals surface area contributed by atoms with E-state index in [0.29, 0.717) is 21.2 Å². The Labute approximate surface area is 157 Å². The zero-order valence-corrected chi connectivity index (χ0v) is 15.7. The van der Waals surface area contributed by atoms with Crippen LogP contribution in [-0.4, -0.2) is 16.5 Å². The van der Waals surface area contributed by atoms with Crippen molar-refractivity contribution in [2.75, 3.05) is 5.75 Å². The van der Waals surface area contributed by atoms with Gasteiger partial charge in [-0.3, -0.25) is 4.79 Å². The minimum absolute atomic E-state index is 0.0168. The highest BCUT2D eigenvalue weighted by Crippen LogP contribution is 2.32. The summed E-state index contributed by atoms with van der Waals surface area (Å²) in [4.78, 5) is 17.1. The predicted molar refractivity (Wildman–Crippen MR) is 101 cm³/mol. The van der Waals surface area contributed by atoms with Gasteiger partial charge in [0.25, 0.3) is 0 Å². The summed E-state index contributed by atoms with van der Waals surface area (Å²) in [5.41, 5.74) is 4.79. The Balaban J connectivity index is 1.86. The van der Waals surface area contributed by atoms with E-state index in [4.69, 9.17) is 16.6 Å². The molecule has 2 aromatic rings. The van der Waals surface area contributed by atoms with Gasteiger partial charge in [-0.15, -0.1) is 0 Å². The Kier molecular flexibility index (Phi) is 5.78. The monoisotopic (exact) mass is 370 g/mol. The number of hydrogen-bond donors (Lipinski definition) is 0. The molecule has 1 heterocycles. The number of pyridine rings is 1. The molecule has 0 N–H and O–H groups in total. The standard InChI is InChI=1S/C20H19ClN2OS/c1-2-18-16-6-4-3-5-15(16)17(11-22)20(23-18)25-12-19(24)13-7-9-14(21)10-8-13/h7-10H,2-6,12H2,1H3. The first-order valence-corrected chi connectivity index (χ1v) is 9.86. The zero-order valence-electron chi connectivity index (χ0n) is 14.1. The summed E-state index contributed by atoms with van der Waals surface area (Å²) in [5.74, 6) is 0.286. The van der Waals surface area contributed by atoms with Crippen LogP contribution in [0, 0.1) is 11.3 Å². The number of fused-ring (bicyclic) bond motifs is 1. The van der Waals surface area contributed by atoms with Gasteiger partial charge in [0.15, 0.2) is 5.78 Å². The van der Waals surface area contributed by atoms with Gasteiger partial charge in [-0.25, -0.2) is 4.98 Å². The van der Waals surface area contributed by atoms with Gasteiger partial charge < -0.3 is 0 Å². The SMILES string of the molecule is CCc1nc(SCC(=O)c2ccc(Cl)cc2)c(C#N)c2c1CCCC2. The number of nitriles is 1. The van der Waals surface area contributed by atoms with Crippen molar-refractivity contribution < 1.29 is 4.79 Å². The molecule has 0 aliphatic heterocycles. The normalized spacial score (nSPS) is 13.2. The van der Waals surface area contributed by atoms with Crippen LogP contribution in [0.25, 0.3) is 0 Å². The molecular formula is C20H19ClN2OS. The van der Waals surface area contributed by atoms with Gasteiger partial charge in [0.2, 0.25) is 0 Å². The molecular weight excluding hydrogens is 352 g/mol. The number of benzene rings is 1. The Hall–Kier alpha value is -1.83. The van der Waals surface area contributed by atoms with E-state index in [1.165, 1.54) is 17.3 Å². The van der Waals surface area contributed by atoms with E-state index in [-0.39, 0.29) is 11.5 Å². The largest absolute Gasteiger partial charge is 0.293 e. The quantitative estimate of drug-likeness (QED) is 0.547. The molecule has 3 rings (SSSR count). The molecule has 1 aliphatic carbocycles. The van der Waals surface area contributed by atoms with Crippen molar-refractivity contribution in [3.63, 3.8) is 0 Å². The average Bonchev–Trinajstić information content (AvgIpc) is 2.65. The van der Waals surface area contributed by atoms with Crippen LogP contribution in [0.3, 0.4) is 0 Å². The number of hydrogen-bond acceptors (Lipinski definition) is 4. The molecule has 0 unspecified atom stereocenters. The molecule has 0 fully saturated rings. The van der Waals surface area contributed by atoms with Crippen LogP contribution in [0.5, 0.6) is 0 Å². The number of Topliss-reactive ketones (excluding diaryl/α,β-unsaturated/α-hetero) is 1. The second-order valence-corrected chi connectivity index (χ2v) is 7.49. The van der Waals surface area contributed by atoms with Crippen LogP contribution in [0.15, 0.2) is 29.3 Å². The number of aryl methyl sites for hydroxylation is 1. The number of ketones is 1. The van der Waals surface area contributed by atoms with Crippen LogP contribution in [-0.2, 0) is 19.3 Å². The van der Waals surface area contributed by atoms with E-state index in [0.717, 1.165) is 43.4 Å². The van der Waals surface area contributed by atoms with E-state index in [2.05, 4.69) is 13.0 Å². The number of rotatable bonds is 5. The first-order valence-electron chi connectivity index (χ1n) is 8.50. The number of halogens is 1. The van der Waals surface area contributed by atoms with Crippen molar-refractivity contribution in [1.82, 2.24) is 4.98 Å². The lowest BCUT2D eigenvalue weighted by Gasteiger charge is -2.21. The smallest absolute Gasteiger partial charge is 0.173 e. The van der Waals surface area contributed by atoms with Gasteiger partial charge in [-0.05, 0) is 67.5 Å². The maximum atomic E-state index is 12.4. The highest BCUT2D eigenvalue weighted by atomic mass is 35.5. The third-order valence-electron chi connectivity index (χ3n) is 4.52. The molecule has 25 heavy (non-hydrogen) atoms. The molecule has 0 spiro atoms. The van der Waals surface area contributed by atoms with Crippen molar-refractivity contribution in [3.05, 3.63) is 57.2 Å². The third-order valence-corrected chi connectivity index (χ3v) is 5.75. The fraction of sp³-hybridized carbons (Fsp3) is 0.350. The van der Waals surface area contributed by atoms with Crippen LogP contribution < -0.4 is 0 Å². The lowest BCUT2D eigenvalue weighted by molar-refractivity contribution is 0.102. The second-order valence-electron chi connectivity index (χ2n) is 6.09. The fourth-order valence-electron chi connectivity index (χ4n) is 3.24. The Morgan fingerprint density at radius 1 is 1.24 bits per heavy atom. The van der Waals surface area contributed by atoms with Crippen LogP contribution in [0.4, 0.5) is 0 Å². The lowest BCUT2D eigenvalue weighted by Crippen LogP contribution is -2.13. The van der Waals surface area contributed by atoms with E-state index < -0.39 is 0 Å². The van der Waals surface area contributed by atoms with Crippen LogP contribution in [0.2, 0.25) is 5.02 Å². The van der Waals surface area contributed by atoms with Crippen molar-refractivity contribution in [1.29, 1.82) is 5.26 Å². The van der Waals surface area contributed by atoms with Crippen molar-refractivity contribution >= 4 is 29.1 Å². The summed E-state index contributed by atoms with van der Waals surface area (Å²) in [6.45, 7) is 2.09. The van der Waals surface area contributed by atoms with Crippen molar-refractivity contribution in [3.8, 4) is 6.07 Å². The van der Waals surface area contributed by atoms with Gasteiger partial charge in [-0.1, -0.05) is 30.3 Å². The van der Waals surface area contributed by atoms with Crippen LogP contribution in [0.1, 0.15) is 52.5 Å². The molecule has 1 aliphatic rings. The summed E-state index contributed by atoms with van der Waals surface area (Å²) >= 11 is 7.23. The van der Waals surface area contributed by atoms with Gasteiger partial charge in [0, 0.05) is 16.3 Å². The lowest BCUT2D eigenvalue weighted by atomic mass is 9.87. The topological polar surface area (TPSA) is 53.8 Å². The summed E-state index contributed by atoms with van der Waals surface area (Å²) in [6, 6.07) is 9.22. The van der Waals surface area contributed by atoms with Gasteiger partial charge in [0.1, 0.15) is 11.1 Å². The molecule has 0 radical (unpaired) electrons. The van der Waals surface area contributed by atoms with Crippen LogP contribution >= 0.6 is 23.4 Å². The van der Waals surface area contributed by atoms with E-state index >= 15 is 0 Å². The first-order chi connectivity index (χ1) is 12.1. The van der Waals surface area contributed by atoms with E-state index in [1.807, 2.05) is 0 Å². The number of carbonyl (C=O) groups is 1. The third kappa shape index (κ3) is 3.89. The predicted octanol–water partition coefficient (Wildman–Crippen LogP) is 5.02. The number of thioether (sulfide) groups is 1. The molecule has 1 aromatic carbocycles. The molecule has 0 amide bonds. The molecule has 1 aromatic heterocycles. The maximum Gasteiger partial charge on any atom is 0.173 e. The zero-order chi connectivity index (χ0) is 17.8. The first kappa shape index (κ1) is 18.0. The van der Waals surface area contributed by atoms with E-state index in [1.54, 1.807) is 24.3 Å². The maximum absolute atomic E-state index is 12.4. The summed E-state index contributed by atoms with van der Waals surface area (Å²) in [7, 11) is 0. The molecule has 128 valence electrons. The summed E-state index contributed by atoms with van der Waals surface area (Å²) in [6.07, 6.45) is 5.07. The Morgan fingerprint density at radius 2 is 1.92 bits per heavy atom. The highest BCUT2D eigenvalue weighted by Gasteiger charge is 2.22. The molecule has 3 nitrogen and oxygen atoms in total. The minimum atomic E-state index is 0.0168. The summed E-state index contributed by atoms with van der Waals surface area (Å²) in [5, 5.41) is 11.0. The molecule has 5 heteroatoms. The molecule has 0 saturated carbocycles. The average molecular weight is 371 g/mol. The molecule has 0 saturated heterocycles. The number of carbonyl (C=O) groups excluding carboxylic acids is 1. The van der Waals surface area contributed by atoms with Crippen molar-refractivity contribution in [2.24, 2.45) is 0 Å². The Bertz CT molecular complexity index is 840. The van der Waals surface area contributed by atoms with Crippen molar-refractivity contribution in [2.45, 2.75) is 44.1 Å². The number of nitrogens with zero attached hydrogens (tertiary/aromatic N) is 2. The molecule has 0 atom stereocenters. The highest BCUT2D eigenvalue weighted by molar-refractivity contribution is 8.00. The number of aromatic nitrogens is 1. The fourth-order valence-corrected chi connectivity index (χ4v) is 4.29. The van der Waals surface area contributed by atoms with Gasteiger partial charge in [0.05, 0.1) is 11.3 Å². The van der Waals surface area contributed by atoms with Gasteiger partial charge >= 0.3 is 0 Å².